The maximum Gasteiger partial charge on any atom is 0.289 e. The molecule has 0 aliphatic carbocycles. The number of nitrogens with one attached hydrogen (secondary N) is 1. The lowest BCUT2D eigenvalue weighted by atomic mass is 10.2. The molecule has 26 heavy (non-hydrogen) atoms. The summed E-state index contributed by atoms with van der Waals surface area (Å²) in [7, 11) is 1.79. The van der Waals surface area contributed by atoms with E-state index < -0.39 is 0 Å². The van der Waals surface area contributed by atoms with E-state index in [4.69, 9.17) is 4.42 Å². The first-order chi connectivity index (χ1) is 12.7. The topological polar surface area (TPSA) is 78.9 Å². The lowest BCUT2D eigenvalue weighted by Crippen LogP contribution is -2.54. The van der Waals surface area contributed by atoms with Gasteiger partial charge in [-0.25, -0.2) is 0 Å². The SMILES string of the molecule is CN=C(NCC(C)Cn1cccn1)N1CCN(C(=O)c2ccco2)CC1. The van der Waals surface area contributed by atoms with Gasteiger partial charge in [0.1, 0.15) is 0 Å². The zero-order chi connectivity index (χ0) is 18.4. The predicted molar refractivity (Wildman–Crippen MR) is 98.9 cm³/mol. The molecule has 8 nitrogen and oxygen atoms in total. The number of furan rings is 1. The van der Waals surface area contributed by atoms with Crippen molar-refractivity contribution >= 4 is 11.9 Å². The largest absolute Gasteiger partial charge is 0.459 e. The fourth-order valence-corrected chi connectivity index (χ4v) is 3.07. The molecule has 1 fully saturated rings. The molecular weight excluding hydrogens is 332 g/mol. The first-order valence-electron chi connectivity index (χ1n) is 8.93. The van der Waals surface area contributed by atoms with E-state index in [2.05, 4.69) is 27.2 Å². The van der Waals surface area contributed by atoms with Crippen molar-refractivity contribution in [2.45, 2.75) is 13.5 Å². The Labute approximate surface area is 153 Å². The van der Waals surface area contributed by atoms with Gasteiger partial charge in [0.05, 0.1) is 6.26 Å². The highest BCUT2D eigenvalue weighted by atomic mass is 16.3. The monoisotopic (exact) mass is 358 g/mol. The summed E-state index contributed by atoms with van der Waals surface area (Å²) in [5, 5.41) is 7.68. The summed E-state index contributed by atoms with van der Waals surface area (Å²) >= 11 is 0. The third-order valence-corrected chi connectivity index (χ3v) is 4.48. The lowest BCUT2D eigenvalue weighted by Gasteiger charge is -2.36. The van der Waals surface area contributed by atoms with E-state index in [1.54, 1.807) is 25.4 Å². The Morgan fingerprint density at radius 2 is 2.08 bits per heavy atom. The van der Waals surface area contributed by atoms with Gasteiger partial charge in [-0.2, -0.15) is 5.10 Å². The van der Waals surface area contributed by atoms with Crippen LogP contribution in [-0.2, 0) is 6.54 Å². The third-order valence-electron chi connectivity index (χ3n) is 4.48. The number of nitrogens with zero attached hydrogens (tertiary/aromatic N) is 5. The van der Waals surface area contributed by atoms with Gasteiger partial charge in [0, 0.05) is 58.7 Å². The second-order valence-corrected chi connectivity index (χ2v) is 6.52. The Morgan fingerprint density at radius 1 is 1.31 bits per heavy atom. The van der Waals surface area contributed by atoms with Gasteiger partial charge in [-0.1, -0.05) is 6.92 Å². The van der Waals surface area contributed by atoms with Crippen molar-refractivity contribution in [3.05, 3.63) is 42.6 Å². The third kappa shape index (κ3) is 4.44. The van der Waals surface area contributed by atoms with Crippen LogP contribution in [0, 0.1) is 5.92 Å². The van der Waals surface area contributed by atoms with Crippen molar-refractivity contribution in [1.29, 1.82) is 0 Å². The van der Waals surface area contributed by atoms with Crippen LogP contribution < -0.4 is 5.32 Å². The second kappa shape index (κ2) is 8.55. The fraction of sp³-hybridized carbons (Fsp3) is 0.500. The molecular formula is C18H26N6O2. The van der Waals surface area contributed by atoms with Crippen molar-refractivity contribution in [1.82, 2.24) is 24.9 Å². The zero-order valence-electron chi connectivity index (χ0n) is 15.3. The Bertz CT molecular complexity index is 702. The Hall–Kier alpha value is -2.77. The van der Waals surface area contributed by atoms with E-state index in [9.17, 15) is 4.79 Å². The number of hydrogen-bond acceptors (Lipinski definition) is 4. The number of hydrogen-bond donors (Lipinski definition) is 1. The first kappa shape index (κ1) is 18.0. The van der Waals surface area contributed by atoms with E-state index in [0.29, 0.717) is 24.8 Å². The molecule has 0 spiro atoms. The van der Waals surface area contributed by atoms with E-state index in [0.717, 1.165) is 32.1 Å². The van der Waals surface area contributed by atoms with Crippen LogP contribution in [0.2, 0.25) is 0 Å². The molecule has 1 unspecified atom stereocenters. The van der Waals surface area contributed by atoms with Crippen LogP contribution in [0.25, 0.3) is 0 Å². The van der Waals surface area contributed by atoms with Gasteiger partial charge < -0.3 is 19.5 Å². The van der Waals surface area contributed by atoms with Gasteiger partial charge in [0.15, 0.2) is 11.7 Å². The van der Waals surface area contributed by atoms with E-state index in [-0.39, 0.29) is 5.91 Å². The first-order valence-corrected chi connectivity index (χ1v) is 8.93. The molecule has 0 bridgehead atoms. The van der Waals surface area contributed by atoms with Crippen LogP contribution in [0.3, 0.4) is 0 Å². The predicted octanol–water partition coefficient (Wildman–Crippen LogP) is 1.15. The Morgan fingerprint density at radius 3 is 2.69 bits per heavy atom. The van der Waals surface area contributed by atoms with Gasteiger partial charge >= 0.3 is 0 Å². The number of guanidine groups is 1. The van der Waals surface area contributed by atoms with E-state index >= 15 is 0 Å². The molecule has 2 aromatic heterocycles. The minimum absolute atomic E-state index is 0.0505. The van der Waals surface area contributed by atoms with Crippen LogP contribution in [0.15, 0.2) is 46.3 Å². The van der Waals surface area contributed by atoms with Crippen LogP contribution in [0.5, 0.6) is 0 Å². The number of amides is 1. The van der Waals surface area contributed by atoms with Crippen molar-refractivity contribution in [3.63, 3.8) is 0 Å². The Balaban J connectivity index is 1.45. The molecule has 3 rings (SSSR count). The molecule has 1 amide bonds. The number of piperazine rings is 1. The van der Waals surface area contributed by atoms with Crippen LogP contribution in [0.1, 0.15) is 17.5 Å². The van der Waals surface area contributed by atoms with Gasteiger partial charge in [0.25, 0.3) is 5.91 Å². The molecule has 1 aliphatic heterocycles. The van der Waals surface area contributed by atoms with Crippen molar-refractivity contribution in [2.24, 2.45) is 10.9 Å². The van der Waals surface area contributed by atoms with Crippen LogP contribution in [0.4, 0.5) is 0 Å². The van der Waals surface area contributed by atoms with Crippen molar-refractivity contribution in [2.75, 3.05) is 39.8 Å². The Kier molecular flexibility index (Phi) is 5.93. The van der Waals surface area contributed by atoms with E-state index in [1.165, 1.54) is 6.26 Å². The smallest absolute Gasteiger partial charge is 0.289 e. The van der Waals surface area contributed by atoms with Gasteiger partial charge in [-0.05, 0) is 24.1 Å². The van der Waals surface area contributed by atoms with Crippen LogP contribution in [-0.4, -0.2) is 71.2 Å². The summed E-state index contributed by atoms with van der Waals surface area (Å²) in [5.74, 6) is 1.65. The summed E-state index contributed by atoms with van der Waals surface area (Å²) in [6.07, 6.45) is 5.29. The summed E-state index contributed by atoms with van der Waals surface area (Å²) in [4.78, 5) is 20.7. The molecule has 1 aliphatic rings. The summed E-state index contributed by atoms with van der Waals surface area (Å²) in [6, 6.07) is 5.37. The number of carbonyl (C=O) groups excluding carboxylic acids is 1. The molecule has 0 saturated carbocycles. The van der Waals surface area contributed by atoms with Crippen LogP contribution >= 0.6 is 0 Å². The number of rotatable bonds is 5. The highest BCUT2D eigenvalue weighted by Crippen LogP contribution is 2.09. The summed E-state index contributed by atoms with van der Waals surface area (Å²) in [5.41, 5.74) is 0. The molecule has 140 valence electrons. The average Bonchev–Trinajstić information content (AvgIpc) is 3.36. The standard InChI is InChI=1S/C18H26N6O2/c1-15(14-24-7-4-6-21-24)13-20-18(19-2)23-10-8-22(9-11-23)17(25)16-5-3-12-26-16/h3-7,12,15H,8-11,13-14H2,1-2H3,(H,19,20). The maximum atomic E-state index is 12.3. The van der Waals surface area contributed by atoms with Gasteiger partial charge in [-0.15, -0.1) is 0 Å². The second-order valence-electron chi connectivity index (χ2n) is 6.52. The quantitative estimate of drug-likeness (QED) is 0.641. The highest BCUT2D eigenvalue weighted by molar-refractivity contribution is 5.91. The number of carbonyl (C=O) groups is 1. The normalized spacial score (nSPS) is 16.6. The molecule has 1 atom stereocenters. The molecule has 1 N–H and O–H groups in total. The summed E-state index contributed by atoms with van der Waals surface area (Å²) < 4.78 is 7.14. The molecule has 0 aromatic carbocycles. The molecule has 0 radical (unpaired) electrons. The highest BCUT2D eigenvalue weighted by Gasteiger charge is 2.25. The molecule has 2 aromatic rings. The average molecular weight is 358 g/mol. The zero-order valence-corrected chi connectivity index (χ0v) is 15.3. The number of aromatic nitrogens is 2. The van der Waals surface area contributed by atoms with Crippen molar-refractivity contribution < 1.29 is 9.21 Å². The minimum Gasteiger partial charge on any atom is -0.459 e. The molecule has 1 saturated heterocycles. The summed E-state index contributed by atoms with van der Waals surface area (Å²) in [6.45, 7) is 6.67. The fourth-order valence-electron chi connectivity index (χ4n) is 3.07. The number of aliphatic imine (C=N–C) groups is 1. The van der Waals surface area contributed by atoms with Crippen molar-refractivity contribution in [3.8, 4) is 0 Å². The van der Waals surface area contributed by atoms with Gasteiger partial charge in [-0.3, -0.25) is 14.5 Å². The van der Waals surface area contributed by atoms with E-state index in [1.807, 2.05) is 21.8 Å². The molecule has 8 heteroatoms. The lowest BCUT2D eigenvalue weighted by molar-refractivity contribution is 0.0657. The molecule has 3 heterocycles. The maximum absolute atomic E-state index is 12.3. The van der Waals surface area contributed by atoms with Gasteiger partial charge in [0.2, 0.25) is 0 Å². The minimum atomic E-state index is -0.0505.